The fourth-order valence-electron chi connectivity index (χ4n) is 4.09. The van der Waals surface area contributed by atoms with Crippen LogP contribution in [0.4, 0.5) is 0 Å². The molecule has 0 N–H and O–H groups in total. The molecule has 1 heterocycles. The van der Waals surface area contributed by atoms with Crippen LogP contribution in [0.2, 0.25) is 0 Å². The molecule has 1 aliphatic rings. The van der Waals surface area contributed by atoms with E-state index in [9.17, 15) is 4.79 Å². The van der Waals surface area contributed by atoms with Gasteiger partial charge in [-0.2, -0.15) is 0 Å². The number of para-hydroxylation sites is 1. The highest BCUT2D eigenvalue weighted by molar-refractivity contribution is 5.83. The van der Waals surface area contributed by atoms with E-state index in [1.807, 2.05) is 43.3 Å². The maximum absolute atomic E-state index is 11.8. The summed E-state index contributed by atoms with van der Waals surface area (Å²) < 4.78 is 11.7. The molecule has 0 amide bonds. The maximum atomic E-state index is 11.8. The molecule has 0 bridgehead atoms. The average Bonchev–Trinajstić information content (AvgIpc) is 2.82. The summed E-state index contributed by atoms with van der Waals surface area (Å²) >= 11 is 0. The van der Waals surface area contributed by atoms with Crippen LogP contribution in [0.5, 0.6) is 11.5 Å². The summed E-state index contributed by atoms with van der Waals surface area (Å²) in [4.78, 5) is 16.4. The molecule has 1 saturated heterocycles. The van der Waals surface area contributed by atoms with Crippen LogP contribution in [-0.4, -0.2) is 61.5 Å². The lowest BCUT2D eigenvalue weighted by molar-refractivity contribution is -0.114. The lowest BCUT2D eigenvalue weighted by atomic mass is 10.1. The van der Waals surface area contributed by atoms with Gasteiger partial charge in [0.2, 0.25) is 0 Å². The van der Waals surface area contributed by atoms with Crippen molar-refractivity contribution in [3.8, 4) is 11.5 Å². The van der Waals surface area contributed by atoms with Gasteiger partial charge in [0.15, 0.2) is 0 Å². The number of piperazine rings is 1. The first-order valence-corrected chi connectivity index (χ1v) is 11.0. The van der Waals surface area contributed by atoms with Crippen molar-refractivity contribution in [2.75, 3.05) is 39.4 Å². The highest BCUT2D eigenvalue weighted by Gasteiger charge is 2.24. The topological polar surface area (TPSA) is 42.0 Å². The molecular weight excluding hydrogens is 388 g/mol. The average molecular weight is 419 g/mol. The molecule has 4 rings (SSSR count). The summed E-state index contributed by atoms with van der Waals surface area (Å²) in [6, 6.07) is 22.3. The van der Waals surface area contributed by atoms with E-state index in [1.54, 1.807) is 0 Å². The minimum Gasteiger partial charge on any atom is -0.494 e. The largest absolute Gasteiger partial charge is 0.494 e. The number of carbonyl (C=O) groups is 1. The fourth-order valence-corrected chi connectivity index (χ4v) is 4.09. The van der Waals surface area contributed by atoms with Gasteiger partial charge in [-0.3, -0.25) is 9.80 Å². The van der Waals surface area contributed by atoms with E-state index in [4.69, 9.17) is 9.47 Å². The van der Waals surface area contributed by atoms with E-state index in [2.05, 4.69) is 40.1 Å². The summed E-state index contributed by atoms with van der Waals surface area (Å²) in [5.74, 6) is 1.76. The second kappa shape index (κ2) is 10.4. The molecule has 1 aliphatic heterocycles. The minimum absolute atomic E-state index is 0.232. The first kappa shape index (κ1) is 21.3. The molecule has 0 aliphatic carbocycles. The van der Waals surface area contributed by atoms with Crippen LogP contribution in [0.1, 0.15) is 12.5 Å². The van der Waals surface area contributed by atoms with Gasteiger partial charge in [-0.05, 0) is 35.9 Å². The molecule has 0 radical (unpaired) electrons. The highest BCUT2D eigenvalue weighted by Crippen LogP contribution is 2.22. The van der Waals surface area contributed by atoms with Gasteiger partial charge in [0.25, 0.3) is 0 Å². The molecule has 31 heavy (non-hydrogen) atoms. The van der Waals surface area contributed by atoms with Crippen LogP contribution < -0.4 is 9.47 Å². The molecule has 1 unspecified atom stereocenters. The Labute approximate surface area is 184 Å². The Kier molecular flexibility index (Phi) is 7.18. The summed E-state index contributed by atoms with van der Waals surface area (Å²) in [6.07, 6.45) is 1.01. The SMILES string of the molecule is CCOc1ccccc1CN1CCN(C(C=O)COc2ccc3ccccc3c2)CC1. The van der Waals surface area contributed by atoms with Crippen molar-refractivity contribution in [3.63, 3.8) is 0 Å². The Morgan fingerprint density at radius 2 is 1.65 bits per heavy atom. The first-order chi connectivity index (χ1) is 15.3. The number of nitrogens with zero attached hydrogens (tertiary/aromatic N) is 2. The molecule has 3 aromatic rings. The number of benzene rings is 3. The number of ether oxygens (including phenoxy) is 2. The van der Waals surface area contributed by atoms with Crippen molar-refractivity contribution in [3.05, 3.63) is 72.3 Å². The molecule has 162 valence electrons. The van der Waals surface area contributed by atoms with Crippen LogP contribution in [0.3, 0.4) is 0 Å². The number of aldehydes is 1. The van der Waals surface area contributed by atoms with Gasteiger partial charge in [-0.25, -0.2) is 0 Å². The van der Waals surface area contributed by atoms with Crippen LogP contribution in [0, 0.1) is 0 Å². The van der Waals surface area contributed by atoms with E-state index in [1.165, 1.54) is 10.9 Å². The molecule has 3 aromatic carbocycles. The smallest absolute Gasteiger partial charge is 0.140 e. The summed E-state index contributed by atoms with van der Waals surface area (Å²) in [5.41, 5.74) is 1.21. The molecular formula is C26H30N2O3. The lowest BCUT2D eigenvalue weighted by Crippen LogP contribution is -2.52. The van der Waals surface area contributed by atoms with Crippen LogP contribution in [-0.2, 0) is 11.3 Å². The predicted octanol–water partition coefficient (Wildman–Crippen LogP) is 4.00. The molecule has 5 heteroatoms. The summed E-state index contributed by atoms with van der Waals surface area (Å²) in [7, 11) is 0. The van der Waals surface area contributed by atoms with Crippen molar-refractivity contribution in [2.45, 2.75) is 19.5 Å². The maximum Gasteiger partial charge on any atom is 0.140 e. The number of hydrogen-bond acceptors (Lipinski definition) is 5. The molecule has 1 fully saturated rings. The number of rotatable bonds is 9. The third kappa shape index (κ3) is 5.43. The van der Waals surface area contributed by atoms with Crippen molar-refractivity contribution in [1.29, 1.82) is 0 Å². The Morgan fingerprint density at radius 1 is 0.903 bits per heavy atom. The zero-order chi connectivity index (χ0) is 21.5. The number of fused-ring (bicyclic) bond motifs is 1. The van der Waals surface area contributed by atoms with Crippen LogP contribution >= 0.6 is 0 Å². The van der Waals surface area contributed by atoms with E-state index in [-0.39, 0.29) is 6.04 Å². The summed E-state index contributed by atoms with van der Waals surface area (Å²) in [6.45, 7) is 7.45. The van der Waals surface area contributed by atoms with E-state index >= 15 is 0 Å². The zero-order valence-corrected chi connectivity index (χ0v) is 18.1. The Hall–Kier alpha value is -2.89. The number of hydrogen-bond donors (Lipinski definition) is 0. The van der Waals surface area contributed by atoms with Gasteiger partial charge >= 0.3 is 0 Å². The fraction of sp³-hybridized carbons (Fsp3) is 0.346. The van der Waals surface area contributed by atoms with Crippen molar-refractivity contribution < 1.29 is 14.3 Å². The molecule has 0 spiro atoms. The Bertz CT molecular complexity index is 999. The van der Waals surface area contributed by atoms with Gasteiger partial charge in [0, 0.05) is 38.3 Å². The van der Waals surface area contributed by atoms with Crippen molar-refractivity contribution >= 4 is 17.1 Å². The van der Waals surface area contributed by atoms with Crippen LogP contribution in [0.15, 0.2) is 66.7 Å². The molecule has 0 aromatic heterocycles. The Balaban J connectivity index is 1.30. The standard InChI is InChI=1S/C26H30N2O3/c1-2-30-26-10-6-5-9-23(26)18-27-13-15-28(16-14-27)24(19-29)20-31-25-12-11-21-7-3-4-8-22(21)17-25/h3-12,17,19,24H,2,13-16,18,20H2,1H3. The minimum atomic E-state index is -0.232. The van der Waals surface area contributed by atoms with Gasteiger partial charge in [0.1, 0.15) is 30.4 Å². The quantitative estimate of drug-likeness (QED) is 0.492. The highest BCUT2D eigenvalue weighted by atomic mass is 16.5. The number of carbonyl (C=O) groups excluding carboxylic acids is 1. The molecule has 1 atom stereocenters. The lowest BCUT2D eigenvalue weighted by Gasteiger charge is -2.37. The van der Waals surface area contributed by atoms with Gasteiger partial charge in [-0.15, -0.1) is 0 Å². The van der Waals surface area contributed by atoms with Crippen LogP contribution in [0.25, 0.3) is 10.8 Å². The molecule has 5 nitrogen and oxygen atoms in total. The zero-order valence-electron chi connectivity index (χ0n) is 18.1. The first-order valence-electron chi connectivity index (χ1n) is 11.0. The third-order valence-corrected chi connectivity index (χ3v) is 5.84. The molecule has 0 saturated carbocycles. The summed E-state index contributed by atoms with van der Waals surface area (Å²) in [5, 5.41) is 2.33. The monoisotopic (exact) mass is 418 g/mol. The third-order valence-electron chi connectivity index (χ3n) is 5.84. The van der Waals surface area contributed by atoms with Gasteiger partial charge < -0.3 is 14.3 Å². The van der Waals surface area contributed by atoms with Gasteiger partial charge in [-0.1, -0.05) is 48.5 Å². The normalized spacial score (nSPS) is 16.2. The van der Waals surface area contributed by atoms with Crippen molar-refractivity contribution in [2.24, 2.45) is 0 Å². The van der Waals surface area contributed by atoms with E-state index in [0.717, 1.165) is 55.9 Å². The van der Waals surface area contributed by atoms with Gasteiger partial charge in [0.05, 0.1) is 6.61 Å². The van der Waals surface area contributed by atoms with E-state index in [0.29, 0.717) is 13.2 Å². The van der Waals surface area contributed by atoms with E-state index < -0.39 is 0 Å². The predicted molar refractivity (Wildman–Crippen MR) is 124 cm³/mol. The second-order valence-corrected chi connectivity index (χ2v) is 7.88. The Morgan fingerprint density at radius 3 is 2.42 bits per heavy atom. The van der Waals surface area contributed by atoms with Crippen molar-refractivity contribution in [1.82, 2.24) is 9.80 Å². The second-order valence-electron chi connectivity index (χ2n) is 7.88.